The number of nitrogens with one attached hydrogen (secondary N) is 1. The Morgan fingerprint density at radius 1 is 1.29 bits per heavy atom. The van der Waals surface area contributed by atoms with Gasteiger partial charge in [-0.3, -0.25) is 0 Å². The molecule has 0 saturated heterocycles. The quantitative estimate of drug-likeness (QED) is 0.807. The third-order valence-electron chi connectivity index (χ3n) is 3.06. The summed E-state index contributed by atoms with van der Waals surface area (Å²) < 4.78 is 5.55. The maximum atomic E-state index is 5.88. The van der Waals surface area contributed by atoms with Crippen molar-refractivity contribution in [3.8, 4) is 0 Å². The number of rotatable bonds is 7. The Bertz CT molecular complexity index is 313. The molecule has 2 nitrogen and oxygen atoms in total. The normalized spacial score (nSPS) is 14.6. The molecule has 1 rings (SSSR count). The molecule has 1 aromatic rings. The second-order valence-electron chi connectivity index (χ2n) is 4.29. The minimum Gasteiger partial charge on any atom is -0.380 e. The minimum atomic E-state index is 0.265. The molecule has 0 heterocycles. The van der Waals surface area contributed by atoms with Crippen molar-refractivity contribution < 1.29 is 4.74 Å². The number of ether oxygens (including phenoxy) is 1. The lowest BCUT2D eigenvalue weighted by atomic mass is 9.98. The van der Waals surface area contributed by atoms with Gasteiger partial charge in [0.05, 0.1) is 6.10 Å². The average Bonchev–Trinajstić information content (AvgIpc) is 2.36. The van der Waals surface area contributed by atoms with Gasteiger partial charge in [-0.1, -0.05) is 37.1 Å². The Morgan fingerprint density at radius 2 is 1.94 bits per heavy atom. The summed E-state index contributed by atoms with van der Waals surface area (Å²) in [6, 6.07) is 8.37. The van der Waals surface area contributed by atoms with Crippen LogP contribution in [-0.2, 0) is 11.2 Å². The molecule has 0 spiro atoms. The Kier molecular flexibility index (Phi) is 6.56. The number of benzene rings is 1. The second-order valence-corrected chi connectivity index (χ2v) is 4.73. The zero-order valence-corrected chi connectivity index (χ0v) is 11.6. The van der Waals surface area contributed by atoms with Crippen molar-refractivity contribution in [3.05, 3.63) is 34.9 Å². The fraction of sp³-hybridized carbons (Fsp3) is 0.571. The zero-order valence-electron chi connectivity index (χ0n) is 10.9. The molecule has 2 unspecified atom stereocenters. The van der Waals surface area contributed by atoms with Gasteiger partial charge in [-0.05, 0) is 37.6 Å². The molecule has 1 aromatic carbocycles. The number of hydrogen-bond acceptors (Lipinski definition) is 2. The van der Waals surface area contributed by atoms with E-state index in [-0.39, 0.29) is 6.10 Å². The van der Waals surface area contributed by atoms with E-state index in [1.807, 2.05) is 19.2 Å². The lowest BCUT2D eigenvalue weighted by Crippen LogP contribution is -2.40. The monoisotopic (exact) mass is 255 g/mol. The Morgan fingerprint density at radius 3 is 2.41 bits per heavy atom. The first-order valence-corrected chi connectivity index (χ1v) is 6.53. The van der Waals surface area contributed by atoms with Gasteiger partial charge >= 0.3 is 0 Å². The molecule has 0 amide bonds. The van der Waals surface area contributed by atoms with Gasteiger partial charge in [0.2, 0.25) is 0 Å². The lowest BCUT2D eigenvalue weighted by Gasteiger charge is -2.25. The fourth-order valence-electron chi connectivity index (χ4n) is 2.06. The largest absolute Gasteiger partial charge is 0.380 e. The molecule has 0 aliphatic carbocycles. The van der Waals surface area contributed by atoms with Gasteiger partial charge < -0.3 is 10.1 Å². The van der Waals surface area contributed by atoms with Crippen LogP contribution in [0.4, 0.5) is 0 Å². The van der Waals surface area contributed by atoms with Crippen molar-refractivity contribution in [1.82, 2.24) is 5.32 Å². The SMILES string of the molecule is CCCC(OC)C(Cc1ccc(Cl)cc1)NC. The highest BCUT2D eigenvalue weighted by Gasteiger charge is 2.18. The number of halogens is 1. The van der Waals surface area contributed by atoms with Crippen LogP contribution in [0.2, 0.25) is 5.02 Å². The van der Waals surface area contributed by atoms with Gasteiger partial charge in [0.1, 0.15) is 0 Å². The first kappa shape index (κ1) is 14.5. The summed E-state index contributed by atoms with van der Waals surface area (Å²) in [6.07, 6.45) is 3.44. The van der Waals surface area contributed by atoms with E-state index in [2.05, 4.69) is 24.4 Å². The lowest BCUT2D eigenvalue weighted by molar-refractivity contribution is 0.0633. The van der Waals surface area contributed by atoms with Crippen LogP contribution >= 0.6 is 11.6 Å². The van der Waals surface area contributed by atoms with Crippen LogP contribution in [0, 0.1) is 0 Å². The van der Waals surface area contributed by atoms with Crippen molar-refractivity contribution in [2.75, 3.05) is 14.2 Å². The highest BCUT2D eigenvalue weighted by molar-refractivity contribution is 6.30. The van der Waals surface area contributed by atoms with E-state index in [0.717, 1.165) is 24.3 Å². The highest BCUT2D eigenvalue weighted by atomic mass is 35.5. The fourth-order valence-corrected chi connectivity index (χ4v) is 2.19. The summed E-state index contributed by atoms with van der Waals surface area (Å²) in [7, 11) is 3.77. The van der Waals surface area contributed by atoms with Gasteiger partial charge in [-0.15, -0.1) is 0 Å². The summed E-state index contributed by atoms with van der Waals surface area (Å²) in [5.74, 6) is 0. The molecule has 0 bridgehead atoms. The molecule has 3 heteroatoms. The van der Waals surface area contributed by atoms with E-state index in [0.29, 0.717) is 6.04 Å². The molecular weight excluding hydrogens is 234 g/mol. The van der Waals surface area contributed by atoms with Gasteiger partial charge in [0.15, 0.2) is 0 Å². The Labute approximate surface area is 109 Å². The summed E-state index contributed by atoms with van der Waals surface area (Å²) in [6.45, 7) is 2.18. The molecule has 0 fully saturated rings. The number of methoxy groups -OCH3 is 1. The average molecular weight is 256 g/mol. The van der Waals surface area contributed by atoms with E-state index >= 15 is 0 Å². The second kappa shape index (κ2) is 7.70. The molecule has 0 aromatic heterocycles. The van der Waals surface area contributed by atoms with E-state index < -0.39 is 0 Å². The Hall–Kier alpha value is -0.570. The third-order valence-corrected chi connectivity index (χ3v) is 3.32. The van der Waals surface area contributed by atoms with Crippen molar-refractivity contribution in [2.45, 2.75) is 38.3 Å². The maximum absolute atomic E-state index is 5.88. The highest BCUT2D eigenvalue weighted by Crippen LogP contribution is 2.15. The predicted molar refractivity (Wildman–Crippen MR) is 73.7 cm³/mol. The summed E-state index contributed by atoms with van der Waals surface area (Å²) >= 11 is 5.88. The smallest absolute Gasteiger partial charge is 0.0727 e. The summed E-state index contributed by atoms with van der Waals surface area (Å²) in [4.78, 5) is 0. The van der Waals surface area contributed by atoms with Crippen LogP contribution in [0.5, 0.6) is 0 Å². The van der Waals surface area contributed by atoms with Crippen LogP contribution in [0.15, 0.2) is 24.3 Å². The molecule has 17 heavy (non-hydrogen) atoms. The van der Waals surface area contributed by atoms with E-state index in [1.54, 1.807) is 7.11 Å². The van der Waals surface area contributed by atoms with Gasteiger partial charge in [-0.25, -0.2) is 0 Å². The molecule has 0 radical (unpaired) electrons. The van der Waals surface area contributed by atoms with Crippen LogP contribution in [-0.4, -0.2) is 26.3 Å². The minimum absolute atomic E-state index is 0.265. The summed E-state index contributed by atoms with van der Waals surface area (Å²) in [5.41, 5.74) is 1.28. The molecule has 2 atom stereocenters. The molecule has 0 aliphatic heterocycles. The van der Waals surface area contributed by atoms with Crippen LogP contribution in [0.25, 0.3) is 0 Å². The van der Waals surface area contributed by atoms with E-state index in [1.165, 1.54) is 5.56 Å². The van der Waals surface area contributed by atoms with Crippen LogP contribution in [0.1, 0.15) is 25.3 Å². The standard InChI is InChI=1S/C14H22ClNO/c1-4-5-14(17-3)13(16-2)10-11-6-8-12(15)9-7-11/h6-9,13-14,16H,4-5,10H2,1-3H3. The van der Waals surface area contributed by atoms with Crippen molar-refractivity contribution in [2.24, 2.45) is 0 Å². The molecule has 0 saturated carbocycles. The van der Waals surface area contributed by atoms with Crippen molar-refractivity contribution >= 4 is 11.6 Å². The van der Waals surface area contributed by atoms with Crippen LogP contribution < -0.4 is 5.32 Å². The zero-order chi connectivity index (χ0) is 12.7. The summed E-state index contributed by atoms with van der Waals surface area (Å²) in [5, 5.41) is 4.13. The first-order chi connectivity index (χ1) is 8.21. The number of hydrogen-bond donors (Lipinski definition) is 1. The first-order valence-electron chi connectivity index (χ1n) is 6.15. The molecular formula is C14H22ClNO. The topological polar surface area (TPSA) is 21.3 Å². The number of likely N-dealkylation sites (N-methyl/N-ethyl adjacent to an activating group) is 1. The van der Waals surface area contributed by atoms with Gasteiger partial charge in [0.25, 0.3) is 0 Å². The molecule has 0 aliphatic rings. The molecule has 96 valence electrons. The van der Waals surface area contributed by atoms with Crippen LogP contribution in [0.3, 0.4) is 0 Å². The van der Waals surface area contributed by atoms with E-state index in [4.69, 9.17) is 16.3 Å². The molecule has 1 N–H and O–H groups in total. The van der Waals surface area contributed by atoms with Gasteiger partial charge in [-0.2, -0.15) is 0 Å². The van der Waals surface area contributed by atoms with Crippen molar-refractivity contribution in [3.63, 3.8) is 0 Å². The van der Waals surface area contributed by atoms with Crippen molar-refractivity contribution in [1.29, 1.82) is 0 Å². The predicted octanol–water partition coefficient (Wildman–Crippen LogP) is 3.29. The Balaban J connectivity index is 2.64. The van der Waals surface area contributed by atoms with E-state index in [9.17, 15) is 0 Å². The van der Waals surface area contributed by atoms with Gasteiger partial charge in [0, 0.05) is 18.2 Å². The maximum Gasteiger partial charge on any atom is 0.0727 e. The third kappa shape index (κ3) is 4.66.